The number of anilines is 1. The fourth-order valence-electron chi connectivity index (χ4n) is 3.71. The van der Waals surface area contributed by atoms with Crippen molar-refractivity contribution >= 4 is 11.6 Å². The van der Waals surface area contributed by atoms with Crippen molar-refractivity contribution in [3.05, 3.63) is 53.6 Å². The summed E-state index contributed by atoms with van der Waals surface area (Å²) in [4.78, 5) is 15.0. The number of methoxy groups -OCH3 is 2. The number of benzene rings is 2. The van der Waals surface area contributed by atoms with E-state index >= 15 is 0 Å². The first-order valence-corrected chi connectivity index (χ1v) is 9.36. The lowest BCUT2D eigenvalue weighted by Gasteiger charge is -2.31. The lowest BCUT2D eigenvalue weighted by Crippen LogP contribution is -2.41. The molecular weight excluding hydrogens is 354 g/mol. The topological polar surface area (TPSA) is 74.6 Å². The van der Waals surface area contributed by atoms with Crippen molar-refractivity contribution in [1.29, 1.82) is 5.26 Å². The van der Waals surface area contributed by atoms with E-state index < -0.39 is 0 Å². The Morgan fingerprint density at radius 1 is 1.21 bits per heavy atom. The van der Waals surface area contributed by atoms with Crippen molar-refractivity contribution in [3.63, 3.8) is 0 Å². The largest absolute Gasteiger partial charge is 0.497 e. The summed E-state index contributed by atoms with van der Waals surface area (Å²) in [6.45, 7) is 2.77. The smallest absolute Gasteiger partial charge is 0.241 e. The van der Waals surface area contributed by atoms with E-state index in [9.17, 15) is 4.79 Å². The molecule has 2 aromatic carbocycles. The molecule has 1 amide bonds. The second-order valence-corrected chi connectivity index (χ2v) is 6.86. The monoisotopic (exact) mass is 379 g/mol. The summed E-state index contributed by atoms with van der Waals surface area (Å²) in [6, 6.07) is 14.6. The summed E-state index contributed by atoms with van der Waals surface area (Å²) in [5.74, 6) is 1.46. The van der Waals surface area contributed by atoms with E-state index in [1.807, 2.05) is 25.1 Å². The molecule has 2 aromatic rings. The Bertz CT molecular complexity index is 874. The number of rotatable bonds is 6. The average molecular weight is 379 g/mol. The van der Waals surface area contributed by atoms with Gasteiger partial charge in [0.1, 0.15) is 11.5 Å². The highest BCUT2D eigenvalue weighted by Gasteiger charge is 2.34. The molecule has 6 nitrogen and oxygen atoms in total. The van der Waals surface area contributed by atoms with Crippen molar-refractivity contribution in [1.82, 2.24) is 4.90 Å². The number of nitrogens with one attached hydrogen (secondary N) is 1. The minimum atomic E-state index is -0.296. The van der Waals surface area contributed by atoms with Gasteiger partial charge in [0, 0.05) is 23.4 Å². The van der Waals surface area contributed by atoms with E-state index in [1.54, 1.807) is 38.5 Å². The number of carbonyl (C=O) groups excluding carboxylic acids is 1. The summed E-state index contributed by atoms with van der Waals surface area (Å²) in [5, 5.41) is 11.8. The fourth-order valence-corrected chi connectivity index (χ4v) is 3.71. The highest BCUT2D eigenvalue weighted by molar-refractivity contribution is 5.94. The van der Waals surface area contributed by atoms with Crippen LogP contribution in [-0.2, 0) is 4.79 Å². The number of likely N-dealkylation sites (tertiary alicyclic amines) is 1. The molecule has 146 valence electrons. The highest BCUT2D eigenvalue weighted by Crippen LogP contribution is 2.39. The van der Waals surface area contributed by atoms with Gasteiger partial charge in [0.2, 0.25) is 5.91 Å². The van der Waals surface area contributed by atoms with E-state index in [4.69, 9.17) is 14.7 Å². The predicted molar refractivity (Wildman–Crippen MR) is 107 cm³/mol. The first-order chi connectivity index (χ1) is 13.6. The number of amides is 1. The summed E-state index contributed by atoms with van der Waals surface area (Å²) in [7, 11) is 3.28. The van der Waals surface area contributed by atoms with Gasteiger partial charge in [-0.1, -0.05) is 6.07 Å². The van der Waals surface area contributed by atoms with Gasteiger partial charge in [0.15, 0.2) is 0 Å². The van der Waals surface area contributed by atoms with Crippen molar-refractivity contribution in [3.8, 4) is 17.6 Å². The van der Waals surface area contributed by atoms with Gasteiger partial charge in [-0.3, -0.25) is 9.69 Å². The van der Waals surface area contributed by atoms with E-state index in [2.05, 4.69) is 16.3 Å². The first-order valence-electron chi connectivity index (χ1n) is 9.36. The summed E-state index contributed by atoms with van der Waals surface area (Å²) < 4.78 is 10.9. The molecule has 0 radical (unpaired) electrons. The lowest BCUT2D eigenvalue weighted by molar-refractivity contribution is -0.121. The summed E-state index contributed by atoms with van der Waals surface area (Å²) in [6.07, 6.45) is 1.99. The van der Waals surface area contributed by atoms with Crippen LogP contribution >= 0.6 is 0 Å². The van der Waals surface area contributed by atoms with E-state index in [1.165, 1.54) is 0 Å². The maximum atomic E-state index is 12.8. The zero-order valence-corrected chi connectivity index (χ0v) is 16.4. The fraction of sp³-hybridized carbons (Fsp3) is 0.364. The van der Waals surface area contributed by atoms with Crippen LogP contribution in [0, 0.1) is 11.3 Å². The predicted octanol–water partition coefficient (Wildman–Crippen LogP) is 3.74. The number of hydrogen-bond acceptors (Lipinski definition) is 5. The van der Waals surface area contributed by atoms with Crippen LogP contribution in [0.25, 0.3) is 0 Å². The Hall–Kier alpha value is -3.04. The van der Waals surface area contributed by atoms with Crippen LogP contribution in [0.3, 0.4) is 0 Å². The van der Waals surface area contributed by atoms with Crippen LogP contribution in [-0.4, -0.2) is 37.6 Å². The molecule has 1 aliphatic heterocycles. The van der Waals surface area contributed by atoms with Gasteiger partial charge in [0.25, 0.3) is 0 Å². The SMILES string of the molecule is COc1ccc([C@H]2CCCN2[C@H](C)C(=O)Nc2ccc(C#N)cc2)c(OC)c1. The number of ether oxygens (including phenoxy) is 2. The molecule has 1 heterocycles. The van der Waals surface area contributed by atoms with E-state index in [0.717, 1.165) is 36.4 Å². The number of nitriles is 1. The Morgan fingerprint density at radius 3 is 2.61 bits per heavy atom. The van der Waals surface area contributed by atoms with E-state index in [0.29, 0.717) is 11.3 Å². The molecule has 0 spiro atoms. The molecule has 2 atom stereocenters. The van der Waals surface area contributed by atoms with Gasteiger partial charge in [-0.25, -0.2) is 0 Å². The zero-order chi connectivity index (χ0) is 20.1. The Balaban J connectivity index is 1.76. The Labute approximate surface area is 165 Å². The van der Waals surface area contributed by atoms with Gasteiger partial charge in [0.05, 0.1) is 31.9 Å². The second kappa shape index (κ2) is 8.77. The third-order valence-electron chi connectivity index (χ3n) is 5.25. The maximum absolute atomic E-state index is 12.8. The van der Waals surface area contributed by atoms with Crippen LogP contribution in [0.15, 0.2) is 42.5 Å². The minimum absolute atomic E-state index is 0.0657. The van der Waals surface area contributed by atoms with Gasteiger partial charge >= 0.3 is 0 Å². The van der Waals surface area contributed by atoms with Crippen molar-refractivity contribution < 1.29 is 14.3 Å². The van der Waals surface area contributed by atoms with Crippen LogP contribution in [0.2, 0.25) is 0 Å². The summed E-state index contributed by atoms with van der Waals surface area (Å²) in [5.41, 5.74) is 2.32. The molecule has 0 unspecified atom stereocenters. The molecule has 0 aromatic heterocycles. The van der Waals surface area contributed by atoms with Crippen LogP contribution in [0.1, 0.15) is 36.9 Å². The van der Waals surface area contributed by atoms with Crippen molar-refractivity contribution in [2.24, 2.45) is 0 Å². The zero-order valence-electron chi connectivity index (χ0n) is 16.4. The first kappa shape index (κ1) is 19.7. The maximum Gasteiger partial charge on any atom is 0.241 e. The van der Waals surface area contributed by atoms with Gasteiger partial charge in [-0.15, -0.1) is 0 Å². The Kier molecular flexibility index (Phi) is 6.17. The van der Waals surface area contributed by atoms with Gasteiger partial charge < -0.3 is 14.8 Å². The number of hydrogen-bond donors (Lipinski definition) is 1. The molecule has 0 bridgehead atoms. The van der Waals surface area contributed by atoms with Crippen molar-refractivity contribution in [2.75, 3.05) is 26.1 Å². The minimum Gasteiger partial charge on any atom is -0.497 e. The molecule has 28 heavy (non-hydrogen) atoms. The Morgan fingerprint density at radius 2 is 1.96 bits per heavy atom. The summed E-state index contributed by atoms with van der Waals surface area (Å²) >= 11 is 0. The quantitative estimate of drug-likeness (QED) is 0.828. The van der Waals surface area contributed by atoms with Gasteiger partial charge in [-0.2, -0.15) is 5.26 Å². The molecule has 0 saturated carbocycles. The molecule has 1 N–H and O–H groups in total. The van der Waals surface area contributed by atoms with Crippen LogP contribution in [0.5, 0.6) is 11.5 Å². The molecule has 1 aliphatic rings. The number of nitrogens with zero attached hydrogens (tertiary/aromatic N) is 2. The molecule has 0 aliphatic carbocycles. The molecule has 1 saturated heterocycles. The molecule has 3 rings (SSSR count). The third-order valence-corrected chi connectivity index (χ3v) is 5.25. The number of carbonyl (C=O) groups is 1. The van der Waals surface area contributed by atoms with Crippen LogP contribution < -0.4 is 14.8 Å². The third kappa shape index (κ3) is 4.10. The average Bonchev–Trinajstić information content (AvgIpc) is 3.22. The highest BCUT2D eigenvalue weighted by atomic mass is 16.5. The molecule has 6 heteroatoms. The second-order valence-electron chi connectivity index (χ2n) is 6.86. The standard InChI is InChI=1S/C22H25N3O3/c1-15(22(26)24-17-8-6-16(14-23)7-9-17)25-12-4-5-20(25)19-11-10-18(27-2)13-21(19)28-3/h6-11,13,15,20H,4-5,12H2,1-3H3,(H,24,26)/t15-,20-/m1/s1. The normalized spacial score (nSPS) is 17.6. The molecular formula is C22H25N3O3. The molecule has 1 fully saturated rings. The van der Waals surface area contributed by atoms with Gasteiger partial charge in [-0.05, 0) is 56.6 Å². The van der Waals surface area contributed by atoms with Crippen LogP contribution in [0.4, 0.5) is 5.69 Å². The lowest BCUT2D eigenvalue weighted by atomic mass is 10.0. The van der Waals surface area contributed by atoms with Crippen molar-refractivity contribution in [2.45, 2.75) is 31.8 Å². The van der Waals surface area contributed by atoms with E-state index in [-0.39, 0.29) is 18.0 Å².